The zero-order chi connectivity index (χ0) is 13.4. The maximum atomic E-state index is 11.5. The number of rotatable bonds is 5. The summed E-state index contributed by atoms with van der Waals surface area (Å²) >= 11 is 0. The Hall–Kier alpha value is -1.88. The molecular weight excluding hydrogens is 230 g/mol. The third-order valence-corrected chi connectivity index (χ3v) is 2.57. The van der Waals surface area contributed by atoms with E-state index >= 15 is 0 Å². The molecule has 0 saturated heterocycles. The third-order valence-electron chi connectivity index (χ3n) is 2.57. The molecule has 5 nitrogen and oxygen atoms in total. The molecule has 1 aromatic rings. The highest BCUT2D eigenvalue weighted by Crippen LogP contribution is 2.08. The predicted molar refractivity (Wildman–Crippen MR) is 69.7 cm³/mol. The first kappa shape index (κ1) is 14.2. The molecule has 0 radical (unpaired) electrons. The fourth-order valence-electron chi connectivity index (χ4n) is 1.60. The summed E-state index contributed by atoms with van der Waals surface area (Å²) in [6, 6.07) is 7.82. The molecule has 0 heterocycles. The van der Waals surface area contributed by atoms with Crippen molar-refractivity contribution in [3.05, 3.63) is 35.4 Å². The van der Waals surface area contributed by atoms with Crippen molar-refractivity contribution in [3.63, 3.8) is 0 Å². The fraction of sp³-hybridized carbons (Fsp3) is 0.385. The highest BCUT2D eigenvalue weighted by Gasteiger charge is 2.12. The van der Waals surface area contributed by atoms with Gasteiger partial charge in [-0.05, 0) is 17.5 Å². The van der Waals surface area contributed by atoms with Gasteiger partial charge in [0.25, 0.3) is 0 Å². The topological polar surface area (TPSA) is 84.2 Å². The van der Waals surface area contributed by atoms with E-state index < -0.39 is 11.8 Å². The number of amides is 2. The predicted octanol–water partition coefficient (Wildman–Crippen LogP) is -0.0599. The molecule has 4 N–H and O–H groups in total. The maximum absolute atomic E-state index is 11.5. The lowest BCUT2D eigenvalue weighted by Crippen LogP contribution is -2.41. The van der Waals surface area contributed by atoms with Gasteiger partial charge in [-0.1, -0.05) is 31.2 Å². The minimum atomic E-state index is -0.644. The molecule has 98 valence electrons. The quantitative estimate of drug-likeness (QED) is 0.639. The van der Waals surface area contributed by atoms with Gasteiger partial charge < -0.3 is 16.4 Å². The van der Waals surface area contributed by atoms with Crippen molar-refractivity contribution in [2.75, 3.05) is 13.1 Å². The van der Waals surface area contributed by atoms with E-state index in [4.69, 9.17) is 5.73 Å². The van der Waals surface area contributed by atoms with Crippen LogP contribution in [0.3, 0.4) is 0 Å². The third kappa shape index (κ3) is 4.18. The van der Waals surface area contributed by atoms with E-state index in [1.165, 1.54) is 5.56 Å². The molecular formula is C13H19N3O2. The standard InChI is InChI=1S/C13H19N3O2/c1-2-10-5-3-4-6-11(10)9-16-13(18)12(17)15-8-7-14/h3-6H,2,7-9,14H2,1H3,(H,15,17)(H,16,18). The van der Waals surface area contributed by atoms with Crippen LogP contribution in [0.4, 0.5) is 0 Å². The average Bonchev–Trinajstić information content (AvgIpc) is 2.42. The molecule has 1 aromatic carbocycles. The highest BCUT2D eigenvalue weighted by molar-refractivity contribution is 6.35. The molecule has 0 unspecified atom stereocenters. The van der Waals surface area contributed by atoms with Gasteiger partial charge in [0.05, 0.1) is 0 Å². The number of nitrogens with two attached hydrogens (primary N) is 1. The Kier molecular flexibility index (Phi) is 5.87. The van der Waals surface area contributed by atoms with Gasteiger partial charge in [0.15, 0.2) is 0 Å². The van der Waals surface area contributed by atoms with Crippen molar-refractivity contribution >= 4 is 11.8 Å². The summed E-state index contributed by atoms with van der Waals surface area (Å²) < 4.78 is 0. The molecule has 18 heavy (non-hydrogen) atoms. The second-order valence-corrected chi connectivity index (χ2v) is 3.85. The number of benzene rings is 1. The molecule has 0 saturated carbocycles. The molecule has 0 aliphatic heterocycles. The highest BCUT2D eigenvalue weighted by atomic mass is 16.2. The van der Waals surface area contributed by atoms with Crippen molar-refractivity contribution in [2.45, 2.75) is 19.9 Å². The van der Waals surface area contributed by atoms with Crippen molar-refractivity contribution < 1.29 is 9.59 Å². The van der Waals surface area contributed by atoms with Crippen LogP contribution in [0.2, 0.25) is 0 Å². The summed E-state index contributed by atoms with van der Waals surface area (Å²) in [6.45, 7) is 3.03. The Bertz CT molecular complexity index is 418. The Labute approximate surface area is 107 Å². The van der Waals surface area contributed by atoms with Gasteiger partial charge >= 0.3 is 11.8 Å². The molecule has 5 heteroatoms. The average molecular weight is 249 g/mol. The number of carbonyl (C=O) groups is 2. The van der Waals surface area contributed by atoms with E-state index in [0.29, 0.717) is 19.6 Å². The molecule has 0 aromatic heterocycles. The summed E-state index contributed by atoms with van der Waals surface area (Å²) in [7, 11) is 0. The lowest BCUT2D eigenvalue weighted by atomic mass is 10.1. The minimum absolute atomic E-state index is 0.303. The molecule has 0 bridgehead atoms. The van der Waals surface area contributed by atoms with E-state index in [-0.39, 0.29) is 0 Å². The number of carbonyl (C=O) groups excluding carboxylic acids is 2. The maximum Gasteiger partial charge on any atom is 0.309 e. The molecule has 2 amide bonds. The second kappa shape index (κ2) is 7.45. The van der Waals surface area contributed by atoms with Crippen molar-refractivity contribution in [1.82, 2.24) is 10.6 Å². The van der Waals surface area contributed by atoms with Gasteiger partial charge in [0, 0.05) is 19.6 Å². The van der Waals surface area contributed by atoms with Crippen LogP contribution in [0.1, 0.15) is 18.1 Å². The lowest BCUT2D eigenvalue weighted by molar-refractivity contribution is -0.139. The van der Waals surface area contributed by atoms with E-state index in [1.807, 2.05) is 24.3 Å². The summed E-state index contributed by atoms with van der Waals surface area (Å²) in [5.74, 6) is -1.27. The normalized spacial score (nSPS) is 9.89. The summed E-state index contributed by atoms with van der Waals surface area (Å²) in [4.78, 5) is 22.8. The van der Waals surface area contributed by atoms with E-state index in [9.17, 15) is 9.59 Å². The van der Waals surface area contributed by atoms with Crippen LogP contribution in [0.15, 0.2) is 24.3 Å². The lowest BCUT2D eigenvalue weighted by Gasteiger charge is -2.09. The summed E-state index contributed by atoms with van der Waals surface area (Å²) in [6.07, 6.45) is 0.894. The minimum Gasteiger partial charge on any atom is -0.347 e. The Morgan fingerprint density at radius 3 is 2.33 bits per heavy atom. The molecule has 1 rings (SSSR count). The van der Waals surface area contributed by atoms with Crippen molar-refractivity contribution in [1.29, 1.82) is 0 Å². The van der Waals surface area contributed by atoms with Crippen LogP contribution in [-0.4, -0.2) is 24.9 Å². The fourth-order valence-corrected chi connectivity index (χ4v) is 1.60. The molecule has 0 aliphatic rings. The van der Waals surface area contributed by atoms with Crippen LogP contribution >= 0.6 is 0 Å². The van der Waals surface area contributed by atoms with Crippen LogP contribution < -0.4 is 16.4 Å². The Morgan fingerprint density at radius 1 is 1.11 bits per heavy atom. The van der Waals surface area contributed by atoms with Gasteiger partial charge in [-0.15, -0.1) is 0 Å². The van der Waals surface area contributed by atoms with Crippen molar-refractivity contribution in [2.24, 2.45) is 5.73 Å². The Morgan fingerprint density at radius 2 is 1.72 bits per heavy atom. The van der Waals surface area contributed by atoms with Gasteiger partial charge in [-0.3, -0.25) is 9.59 Å². The molecule has 0 aliphatic carbocycles. The number of hydrogen-bond acceptors (Lipinski definition) is 3. The van der Waals surface area contributed by atoms with Crippen LogP contribution in [-0.2, 0) is 22.6 Å². The number of aryl methyl sites for hydroxylation is 1. The number of hydrogen-bond donors (Lipinski definition) is 3. The largest absolute Gasteiger partial charge is 0.347 e. The van der Waals surface area contributed by atoms with Gasteiger partial charge in [-0.25, -0.2) is 0 Å². The van der Waals surface area contributed by atoms with Crippen LogP contribution in [0.5, 0.6) is 0 Å². The second-order valence-electron chi connectivity index (χ2n) is 3.85. The van der Waals surface area contributed by atoms with Gasteiger partial charge in [0.2, 0.25) is 0 Å². The molecule has 0 spiro atoms. The first-order chi connectivity index (χ1) is 8.69. The zero-order valence-corrected chi connectivity index (χ0v) is 10.5. The van der Waals surface area contributed by atoms with Gasteiger partial charge in [0.1, 0.15) is 0 Å². The smallest absolute Gasteiger partial charge is 0.309 e. The summed E-state index contributed by atoms with van der Waals surface area (Å²) in [5, 5.41) is 5.01. The van der Waals surface area contributed by atoms with E-state index in [0.717, 1.165) is 12.0 Å². The van der Waals surface area contributed by atoms with Gasteiger partial charge in [-0.2, -0.15) is 0 Å². The first-order valence-corrected chi connectivity index (χ1v) is 6.02. The van der Waals surface area contributed by atoms with E-state index in [1.54, 1.807) is 0 Å². The van der Waals surface area contributed by atoms with Crippen LogP contribution in [0.25, 0.3) is 0 Å². The van der Waals surface area contributed by atoms with E-state index in [2.05, 4.69) is 17.6 Å². The molecule has 0 atom stereocenters. The zero-order valence-electron chi connectivity index (χ0n) is 10.5. The SMILES string of the molecule is CCc1ccccc1CNC(=O)C(=O)NCCN. The first-order valence-electron chi connectivity index (χ1n) is 6.02. The summed E-state index contributed by atoms with van der Waals surface area (Å²) in [5.41, 5.74) is 7.43. The van der Waals surface area contributed by atoms with Crippen molar-refractivity contribution in [3.8, 4) is 0 Å². The number of nitrogens with one attached hydrogen (secondary N) is 2. The molecule has 0 fully saturated rings. The van der Waals surface area contributed by atoms with Crippen LogP contribution in [0, 0.1) is 0 Å². The Balaban J connectivity index is 2.49. The monoisotopic (exact) mass is 249 g/mol.